The molecule has 0 unspecified atom stereocenters. The van der Waals surface area contributed by atoms with Gasteiger partial charge in [-0.3, -0.25) is 20.2 Å². The molecule has 0 fully saturated rings. The molecule has 0 bridgehead atoms. The first-order valence-corrected chi connectivity index (χ1v) is 6.43. The van der Waals surface area contributed by atoms with E-state index < -0.39 is 26.8 Å². The van der Waals surface area contributed by atoms with Gasteiger partial charge in [0.1, 0.15) is 5.58 Å². The van der Waals surface area contributed by atoms with E-state index in [2.05, 4.69) is 0 Å². The largest absolute Gasteiger partial charge is 0.422 e. The highest BCUT2D eigenvalue weighted by Crippen LogP contribution is 2.32. The molecule has 8 heteroatoms. The third kappa shape index (κ3) is 2.53. The quantitative estimate of drug-likeness (QED) is 0.416. The number of fused-ring (bicyclic) bond motifs is 1. The van der Waals surface area contributed by atoms with Gasteiger partial charge in [0.05, 0.1) is 27.0 Å². The second-order valence-electron chi connectivity index (χ2n) is 4.70. The summed E-state index contributed by atoms with van der Waals surface area (Å²) in [5.41, 5.74) is -1.40. The van der Waals surface area contributed by atoms with Gasteiger partial charge >= 0.3 is 5.63 Å². The van der Waals surface area contributed by atoms with Crippen molar-refractivity contribution >= 4 is 22.3 Å². The Bertz CT molecular complexity index is 1010. The smallest absolute Gasteiger partial charge is 0.344 e. The standard InChI is InChI=1S/C15H8N2O6/c18-15-12(7-9-3-1-2-4-14(9)23-15)11-6-5-10(16(19)20)8-13(11)17(21)22/h1-8H. The van der Waals surface area contributed by atoms with Crippen molar-refractivity contribution < 1.29 is 14.3 Å². The van der Waals surface area contributed by atoms with Gasteiger partial charge in [0.2, 0.25) is 0 Å². The number of nitrogens with zero attached hydrogens (tertiary/aromatic N) is 2. The van der Waals surface area contributed by atoms with Crippen LogP contribution in [0, 0.1) is 20.2 Å². The van der Waals surface area contributed by atoms with Crippen molar-refractivity contribution in [3.8, 4) is 11.1 Å². The number of para-hydroxylation sites is 1. The molecule has 2 aromatic carbocycles. The maximum absolute atomic E-state index is 12.1. The summed E-state index contributed by atoms with van der Waals surface area (Å²) < 4.78 is 5.15. The van der Waals surface area contributed by atoms with Crippen molar-refractivity contribution in [2.45, 2.75) is 0 Å². The Labute approximate surface area is 127 Å². The number of nitro groups is 2. The molecule has 8 nitrogen and oxygen atoms in total. The van der Waals surface area contributed by atoms with Crippen LogP contribution in [0.3, 0.4) is 0 Å². The highest BCUT2D eigenvalue weighted by molar-refractivity contribution is 5.84. The Hall–Kier alpha value is -3.55. The molecular weight excluding hydrogens is 304 g/mol. The Morgan fingerprint density at radius 2 is 1.61 bits per heavy atom. The molecule has 3 aromatic rings. The fourth-order valence-corrected chi connectivity index (χ4v) is 2.26. The lowest BCUT2D eigenvalue weighted by atomic mass is 10.0. The summed E-state index contributed by atoms with van der Waals surface area (Å²) in [4.78, 5) is 32.6. The Kier molecular flexibility index (Phi) is 3.34. The van der Waals surface area contributed by atoms with Crippen LogP contribution in [0.5, 0.6) is 0 Å². The predicted octanol–water partition coefficient (Wildman–Crippen LogP) is 3.28. The predicted molar refractivity (Wildman–Crippen MR) is 81.2 cm³/mol. The van der Waals surface area contributed by atoms with Gasteiger partial charge in [-0.1, -0.05) is 18.2 Å². The van der Waals surface area contributed by atoms with E-state index in [0.717, 1.165) is 12.1 Å². The molecule has 23 heavy (non-hydrogen) atoms. The van der Waals surface area contributed by atoms with Gasteiger partial charge in [0.15, 0.2) is 0 Å². The van der Waals surface area contributed by atoms with Crippen LogP contribution in [-0.4, -0.2) is 9.85 Å². The van der Waals surface area contributed by atoms with Crippen molar-refractivity contribution in [1.29, 1.82) is 0 Å². The minimum atomic E-state index is -0.767. The molecule has 0 saturated heterocycles. The Morgan fingerprint density at radius 1 is 0.870 bits per heavy atom. The molecule has 1 aromatic heterocycles. The van der Waals surface area contributed by atoms with Crippen LogP contribution in [0.1, 0.15) is 0 Å². The lowest BCUT2D eigenvalue weighted by Crippen LogP contribution is -2.05. The van der Waals surface area contributed by atoms with Crippen LogP contribution < -0.4 is 5.63 Å². The highest BCUT2D eigenvalue weighted by atomic mass is 16.6. The van der Waals surface area contributed by atoms with E-state index in [1.807, 2.05) is 0 Å². The van der Waals surface area contributed by atoms with Crippen LogP contribution >= 0.6 is 0 Å². The van der Waals surface area contributed by atoms with Crippen molar-refractivity contribution in [1.82, 2.24) is 0 Å². The SMILES string of the molecule is O=c1oc2ccccc2cc1-c1ccc([N+](=O)[O-])cc1[N+](=O)[O-]. The second-order valence-corrected chi connectivity index (χ2v) is 4.70. The monoisotopic (exact) mass is 312 g/mol. The van der Waals surface area contributed by atoms with Crippen LogP contribution in [0.25, 0.3) is 22.1 Å². The molecule has 0 atom stereocenters. The first kappa shape index (κ1) is 14.4. The van der Waals surface area contributed by atoms with Gasteiger partial charge in [0, 0.05) is 11.5 Å². The molecule has 0 spiro atoms. The topological polar surface area (TPSA) is 116 Å². The summed E-state index contributed by atoms with van der Waals surface area (Å²) in [5.74, 6) is 0. The van der Waals surface area contributed by atoms with Gasteiger partial charge < -0.3 is 4.42 Å². The second kappa shape index (κ2) is 5.34. The van der Waals surface area contributed by atoms with E-state index in [4.69, 9.17) is 4.42 Å². The van der Waals surface area contributed by atoms with Gasteiger partial charge in [-0.05, 0) is 18.2 Å². The van der Waals surface area contributed by atoms with E-state index in [-0.39, 0.29) is 11.1 Å². The molecule has 0 amide bonds. The number of non-ortho nitro benzene ring substituents is 1. The molecule has 0 aliphatic heterocycles. The van der Waals surface area contributed by atoms with E-state index in [9.17, 15) is 25.0 Å². The van der Waals surface area contributed by atoms with Crippen LogP contribution in [0.2, 0.25) is 0 Å². The van der Waals surface area contributed by atoms with Gasteiger partial charge in [-0.15, -0.1) is 0 Å². The normalized spacial score (nSPS) is 10.6. The molecule has 3 rings (SSSR count). The fourth-order valence-electron chi connectivity index (χ4n) is 2.26. The molecule has 0 aliphatic rings. The average Bonchev–Trinajstić information content (AvgIpc) is 2.53. The molecule has 0 radical (unpaired) electrons. The fraction of sp³-hybridized carbons (Fsp3) is 0. The third-order valence-corrected chi connectivity index (χ3v) is 3.32. The summed E-state index contributed by atoms with van der Waals surface area (Å²) in [6.07, 6.45) is 0. The van der Waals surface area contributed by atoms with Crippen LogP contribution in [-0.2, 0) is 0 Å². The average molecular weight is 312 g/mol. The van der Waals surface area contributed by atoms with E-state index in [1.54, 1.807) is 24.3 Å². The lowest BCUT2D eigenvalue weighted by molar-refractivity contribution is -0.393. The Balaban J connectivity index is 2.30. The van der Waals surface area contributed by atoms with Crippen LogP contribution in [0.15, 0.2) is 57.7 Å². The lowest BCUT2D eigenvalue weighted by Gasteiger charge is -2.04. The number of benzene rings is 2. The van der Waals surface area contributed by atoms with Crippen molar-refractivity contribution in [2.24, 2.45) is 0 Å². The molecule has 0 aliphatic carbocycles. The van der Waals surface area contributed by atoms with Crippen LogP contribution in [0.4, 0.5) is 11.4 Å². The summed E-state index contributed by atoms with van der Waals surface area (Å²) in [6, 6.07) is 11.3. The van der Waals surface area contributed by atoms with E-state index in [1.165, 1.54) is 12.1 Å². The Morgan fingerprint density at radius 3 is 2.30 bits per heavy atom. The minimum Gasteiger partial charge on any atom is -0.422 e. The zero-order valence-electron chi connectivity index (χ0n) is 11.5. The maximum atomic E-state index is 12.1. The third-order valence-electron chi connectivity index (χ3n) is 3.32. The summed E-state index contributed by atoms with van der Waals surface area (Å²) >= 11 is 0. The summed E-state index contributed by atoms with van der Waals surface area (Å²) in [6.45, 7) is 0. The summed E-state index contributed by atoms with van der Waals surface area (Å²) in [7, 11) is 0. The zero-order valence-corrected chi connectivity index (χ0v) is 11.5. The van der Waals surface area contributed by atoms with Gasteiger partial charge in [0.25, 0.3) is 11.4 Å². The molecule has 0 saturated carbocycles. The first-order chi connectivity index (χ1) is 11.0. The first-order valence-electron chi connectivity index (χ1n) is 6.43. The molecular formula is C15H8N2O6. The van der Waals surface area contributed by atoms with Crippen molar-refractivity contribution in [3.63, 3.8) is 0 Å². The highest BCUT2D eigenvalue weighted by Gasteiger charge is 2.23. The zero-order chi connectivity index (χ0) is 16.6. The van der Waals surface area contributed by atoms with Gasteiger partial charge in [-0.2, -0.15) is 0 Å². The minimum absolute atomic E-state index is 0.0229. The molecule has 1 heterocycles. The molecule has 114 valence electrons. The van der Waals surface area contributed by atoms with Gasteiger partial charge in [-0.25, -0.2) is 4.79 Å². The number of hydrogen-bond acceptors (Lipinski definition) is 6. The van der Waals surface area contributed by atoms with Crippen molar-refractivity contribution in [2.75, 3.05) is 0 Å². The summed E-state index contributed by atoms with van der Waals surface area (Å²) in [5, 5.41) is 22.6. The van der Waals surface area contributed by atoms with E-state index >= 15 is 0 Å². The van der Waals surface area contributed by atoms with Crippen molar-refractivity contribution in [3.05, 3.63) is 79.2 Å². The van der Waals surface area contributed by atoms with E-state index in [0.29, 0.717) is 11.0 Å². The number of nitro benzene ring substituents is 2. The number of rotatable bonds is 3. The molecule has 0 N–H and O–H groups in total. The number of hydrogen-bond donors (Lipinski definition) is 0. The maximum Gasteiger partial charge on any atom is 0.344 e.